The van der Waals surface area contributed by atoms with Crippen LogP contribution in [0.25, 0.3) is 0 Å². The molecule has 0 amide bonds. The van der Waals surface area contributed by atoms with Gasteiger partial charge in [0, 0.05) is 32.4 Å². The monoisotopic (exact) mass is 252 g/mol. The predicted molar refractivity (Wildman–Crippen MR) is 72.0 cm³/mol. The highest BCUT2D eigenvalue weighted by atomic mass is 16.5. The van der Waals surface area contributed by atoms with Crippen molar-refractivity contribution in [3.63, 3.8) is 0 Å². The van der Waals surface area contributed by atoms with Crippen molar-refractivity contribution in [1.29, 1.82) is 0 Å². The Bertz CT molecular complexity index is 320. The summed E-state index contributed by atoms with van der Waals surface area (Å²) in [5, 5.41) is 9.95. The molecule has 4 heteroatoms. The van der Waals surface area contributed by atoms with Crippen molar-refractivity contribution in [2.45, 2.75) is 20.1 Å². The third-order valence-electron chi connectivity index (χ3n) is 3.56. The summed E-state index contributed by atoms with van der Waals surface area (Å²) in [5.41, 5.74) is 1.28. The van der Waals surface area contributed by atoms with Gasteiger partial charge in [0.25, 0.3) is 0 Å². The van der Waals surface area contributed by atoms with Crippen LogP contribution in [0, 0.1) is 5.92 Å². The number of allylic oxidation sites excluding steroid dienone is 2. The molecule has 0 aromatic rings. The lowest BCUT2D eigenvalue weighted by Crippen LogP contribution is -2.43. The molecule has 0 aliphatic carbocycles. The minimum Gasteiger partial charge on any atom is -0.379 e. The van der Waals surface area contributed by atoms with Crippen LogP contribution in [0.15, 0.2) is 23.9 Å². The highest BCUT2D eigenvalue weighted by Crippen LogP contribution is 2.18. The van der Waals surface area contributed by atoms with Crippen LogP contribution < -0.4 is 0 Å². The lowest BCUT2D eigenvalue weighted by molar-refractivity contribution is 0.0229. The average Bonchev–Trinajstić information content (AvgIpc) is 2.38. The number of aliphatic hydroxyl groups excluding tert-OH is 1. The van der Waals surface area contributed by atoms with Crippen LogP contribution in [0.4, 0.5) is 0 Å². The standard InChI is InChI=1S/C14H24N2O2/c1-12(2)13-3-4-14(17)16(11-13)6-5-15-7-9-18-10-8-15/h3-4,11-12,14,17H,5-10H2,1-2H3. The summed E-state index contributed by atoms with van der Waals surface area (Å²) in [6.45, 7) is 9.85. The summed E-state index contributed by atoms with van der Waals surface area (Å²) < 4.78 is 5.33. The van der Waals surface area contributed by atoms with E-state index in [0.717, 1.165) is 39.4 Å². The number of morpholine rings is 1. The minimum atomic E-state index is -0.478. The van der Waals surface area contributed by atoms with Crippen LogP contribution in [0.2, 0.25) is 0 Å². The van der Waals surface area contributed by atoms with Crippen LogP contribution in [-0.2, 0) is 4.74 Å². The molecule has 1 saturated heterocycles. The highest BCUT2D eigenvalue weighted by Gasteiger charge is 2.17. The number of hydrogen-bond acceptors (Lipinski definition) is 4. The summed E-state index contributed by atoms with van der Waals surface area (Å²) in [5.74, 6) is 0.500. The van der Waals surface area contributed by atoms with Gasteiger partial charge in [-0.2, -0.15) is 0 Å². The van der Waals surface area contributed by atoms with Crippen LogP contribution in [-0.4, -0.2) is 60.5 Å². The van der Waals surface area contributed by atoms with E-state index in [9.17, 15) is 5.11 Å². The zero-order chi connectivity index (χ0) is 13.0. The summed E-state index contributed by atoms with van der Waals surface area (Å²) in [6, 6.07) is 0. The van der Waals surface area contributed by atoms with Gasteiger partial charge in [0.15, 0.2) is 0 Å². The Labute approximate surface area is 110 Å². The van der Waals surface area contributed by atoms with E-state index in [1.807, 2.05) is 17.1 Å². The van der Waals surface area contributed by atoms with Crippen LogP contribution >= 0.6 is 0 Å². The Hall–Kier alpha value is -0.840. The summed E-state index contributed by atoms with van der Waals surface area (Å²) in [6.07, 6.45) is 5.51. The highest BCUT2D eigenvalue weighted by molar-refractivity contribution is 5.24. The Kier molecular flexibility index (Phi) is 4.80. The molecule has 4 nitrogen and oxygen atoms in total. The second-order valence-electron chi connectivity index (χ2n) is 5.25. The van der Waals surface area contributed by atoms with Crippen LogP contribution in [0.5, 0.6) is 0 Å². The molecule has 0 aromatic heterocycles. The number of aliphatic hydroxyl groups is 1. The first-order valence-electron chi connectivity index (χ1n) is 6.80. The lowest BCUT2D eigenvalue weighted by Gasteiger charge is -2.33. The van der Waals surface area contributed by atoms with Crippen molar-refractivity contribution in [3.05, 3.63) is 23.9 Å². The summed E-state index contributed by atoms with van der Waals surface area (Å²) >= 11 is 0. The van der Waals surface area contributed by atoms with Gasteiger partial charge >= 0.3 is 0 Å². The van der Waals surface area contributed by atoms with Gasteiger partial charge in [-0.25, -0.2) is 0 Å². The van der Waals surface area contributed by atoms with Crippen molar-refractivity contribution in [1.82, 2.24) is 9.80 Å². The number of ether oxygens (including phenoxy) is 1. The Morgan fingerprint density at radius 1 is 1.33 bits per heavy atom. The smallest absolute Gasteiger partial charge is 0.146 e. The topological polar surface area (TPSA) is 35.9 Å². The fourth-order valence-corrected chi connectivity index (χ4v) is 2.24. The molecule has 2 aliphatic rings. The molecule has 1 atom stereocenters. The normalized spacial score (nSPS) is 25.7. The van der Waals surface area contributed by atoms with Gasteiger partial charge in [-0.05, 0) is 17.6 Å². The van der Waals surface area contributed by atoms with E-state index in [4.69, 9.17) is 4.74 Å². The summed E-state index contributed by atoms with van der Waals surface area (Å²) in [4.78, 5) is 4.40. The molecule has 1 N–H and O–H groups in total. The molecule has 0 radical (unpaired) electrons. The fourth-order valence-electron chi connectivity index (χ4n) is 2.24. The van der Waals surface area contributed by atoms with E-state index >= 15 is 0 Å². The van der Waals surface area contributed by atoms with E-state index in [1.165, 1.54) is 5.57 Å². The third kappa shape index (κ3) is 3.57. The largest absolute Gasteiger partial charge is 0.379 e. The van der Waals surface area contributed by atoms with Gasteiger partial charge < -0.3 is 14.7 Å². The molecule has 1 unspecified atom stereocenters. The molecule has 0 spiro atoms. The molecule has 0 saturated carbocycles. The molecule has 0 bridgehead atoms. The van der Waals surface area contributed by atoms with E-state index in [-0.39, 0.29) is 0 Å². The maximum Gasteiger partial charge on any atom is 0.146 e. The lowest BCUT2D eigenvalue weighted by atomic mass is 10.0. The van der Waals surface area contributed by atoms with Gasteiger partial charge in [0.05, 0.1) is 13.2 Å². The zero-order valence-electron chi connectivity index (χ0n) is 11.4. The quantitative estimate of drug-likeness (QED) is 0.811. The second-order valence-corrected chi connectivity index (χ2v) is 5.25. The number of nitrogens with zero attached hydrogens (tertiary/aromatic N) is 2. The molecular formula is C14H24N2O2. The predicted octanol–water partition coefficient (Wildman–Crippen LogP) is 1.05. The van der Waals surface area contributed by atoms with Crippen LogP contribution in [0.3, 0.4) is 0 Å². The van der Waals surface area contributed by atoms with Crippen molar-refractivity contribution < 1.29 is 9.84 Å². The van der Waals surface area contributed by atoms with Gasteiger partial charge in [-0.1, -0.05) is 19.9 Å². The second kappa shape index (κ2) is 6.36. The van der Waals surface area contributed by atoms with E-state index in [2.05, 4.69) is 24.9 Å². The first kappa shape index (κ1) is 13.6. The number of hydrogen-bond donors (Lipinski definition) is 1. The Balaban J connectivity index is 1.85. The first-order valence-corrected chi connectivity index (χ1v) is 6.80. The molecule has 2 heterocycles. The molecule has 18 heavy (non-hydrogen) atoms. The van der Waals surface area contributed by atoms with Gasteiger partial charge in [-0.15, -0.1) is 0 Å². The van der Waals surface area contributed by atoms with Crippen molar-refractivity contribution in [3.8, 4) is 0 Å². The maximum absolute atomic E-state index is 9.95. The molecule has 0 aromatic carbocycles. The molecule has 2 aliphatic heterocycles. The van der Waals surface area contributed by atoms with Gasteiger partial charge in [0.1, 0.15) is 6.23 Å². The Morgan fingerprint density at radius 2 is 2.06 bits per heavy atom. The van der Waals surface area contributed by atoms with E-state index < -0.39 is 6.23 Å². The minimum absolute atomic E-state index is 0.478. The van der Waals surface area contributed by atoms with E-state index in [1.54, 1.807) is 0 Å². The number of rotatable bonds is 4. The van der Waals surface area contributed by atoms with E-state index in [0.29, 0.717) is 5.92 Å². The zero-order valence-corrected chi connectivity index (χ0v) is 11.4. The molecular weight excluding hydrogens is 228 g/mol. The van der Waals surface area contributed by atoms with Crippen molar-refractivity contribution >= 4 is 0 Å². The molecule has 1 fully saturated rings. The molecule has 2 rings (SSSR count). The maximum atomic E-state index is 9.95. The van der Waals surface area contributed by atoms with Gasteiger partial charge in [-0.3, -0.25) is 4.90 Å². The molecule has 102 valence electrons. The van der Waals surface area contributed by atoms with Crippen molar-refractivity contribution in [2.75, 3.05) is 39.4 Å². The average molecular weight is 252 g/mol. The SMILES string of the molecule is CC(C)C1=CN(CCN2CCOCC2)C(O)C=C1. The van der Waals surface area contributed by atoms with Crippen LogP contribution in [0.1, 0.15) is 13.8 Å². The Morgan fingerprint density at radius 3 is 2.72 bits per heavy atom. The van der Waals surface area contributed by atoms with Crippen molar-refractivity contribution in [2.24, 2.45) is 5.92 Å². The summed E-state index contributed by atoms with van der Waals surface area (Å²) in [7, 11) is 0. The fraction of sp³-hybridized carbons (Fsp3) is 0.714. The first-order chi connectivity index (χ1) is 8.66. The third-order valence-corrected chi connectivity index (χ3v) is 3.56. The van der Waals surface area contributed by atoms with Gasteiger partial charge in [0.2, 0.25) is 0 Å².